The molecule has 5 nitrogen and oxygen atoms in total. The standard InChI is InChI=1S/C16H14Cl2N2O3/c17-12-5-3-11(14(18)8-12)4-6-15(21)20-10-16(22)19-9-13-2-1-7-23-13/h1-8H,9-10H2,(H,19,22)(H,20,21)/b6-4+. The quantitative estimate of drug-likeness (QED) is 0.785. The van der Waals surface area contributed by atoms with Crippen LogP contribution in [0, 0.1) is 0 Å². The lowest BCUT2D eigenvalue weighted by Crippen LogP contribution is -2.35. The van der Waals surface area contributed by atoms with Gasteiger partial charge in [-0.15, -0.1) is 0 Å². The summed E-state index contributed by atoms with van der Waals surface area (Å²) in [6.07, 6.45) is 4.37. The first-order chi connectivity index (χ1) is 11.0. The van der Waals surface area contributed by atoms with Crippen molar-refractivity contribution in [1.82, 2.24) is 10.6 Å². The van der Waals surface area contributed by atoms with E-state index in [-0.39, 0.29) is 19.0 Å². The number of carbonyl (C=O) groups excluding carboxylic acids is 2. The molecule has 0 aliphatic heterocycles. The van der Waals surface area contributed by atoms with E-state index in [9.17, 15) is 9.59 Å². The second-order valence-corrected chi connectivity index (χ2v) is 5.42. The normalized spacial score (nSPS) is 10.7. The highest BCUT2D eigenvalue weighted by atomic mass is 35.5. The van der Waals surface area contributed by atoms with Gasteiger partial charge in [0.25, 0.3) is 0 Å². The molecule has 1 heterocycles. The molecular formula is C16H14Cl2N2O3. The number of hydrogen-bond acceptors (Lipinski definition) is 3. The Morgan fingerprint density at radius 1 is 1.17 bits per heavy atom. The van der Waals surface area contributed by atoms with Crippen LogP contribution in [0.3, 0.4) is 0 Å². The van der Waals surface area contributed by atoms with Crippen molar-refractivity contribution in [3.05, 3.63) is 64.0 Å². The number of furan rings is 1. The number of rotatable bonds is 6. The van der Waals surface area contributed by atoms with E-state index in [1.54, 1.807) is 36.4 Å². The Labute approximate surface area is 143 Å². The van der Waals surface area contributed by atoms with Crippen molar-refractivity contribution in [3.8, 4) is 0 Å². The van der Waals surface area contributed by atoms with Gasteiger partial charge in [0.05, 0.1) is 19.4 Å². The van der Waals surface area contributed by atoms with E-state index in [0.717, 1.165) is 0 Å². The Balaban J connectivity index is 1.75. The Morgan fingerprint density at radius 2 is 2.00 bits per heavy atom. The topological polar surface area (TPSA) is 71.3 Å². The van der Waals surface area contributed by atoms with Gasteiger partial charge in [0.15, 0.2) is 0 Å². The monoisotopic (exact) mass is 352 g/mol. The summed E-state index contributed by atoms with van der Waals surface area (Å²) in [6, 6.07) is 8.44. The van der Waals surface area contributed by atoms with E-state index in [1.165, 1.54) is 12.3 Å². The summed E-state index contributed by atoms with van der Waals surface area (Å²) in [6.45, 7) is 0.149. The highest BCUT2D eigenvalue weighted by molar-refractivity contribution is 6.35. The van der Waals surface area contributed by atoms with Gasteiger partial charge in [-0.05, 0) is 35.9 Å². The van der Waals surface area contributed by atoms with Gasteiger partial charge in [0.2, 0.25) is 11.8 Å². The molecule has 7 heteroatoms. The molecule has 1 aromatic carbocycles. The zero-order chi connectivity index (χ0) is 16.7. The molecule has 1 aromatic heterocycles. The molecule has 0 fully saturated rings. The van der Waals surface area contributed by atoms with Crippen molar-refractivity contribution in [2.75, 3.05) is 6.54 Å². The molecule has 2 amide bonds. The predicted molar refractivity (Wildman–Crippen MR) is 89.1 cm³/mol. The lowest BCUT2D eigenvalue weighted by atomic mass is 10.2. The summed E-state index contributed by atoms with van der Waals surface area (Å²) in [4.78, 5) is 23.2. The highest BCUT2D eigenvalue weighted by Crippen LogP contribution is 2.21. The average Bonchev–Trinajstić information content (AvgIpc) is 3.03. The van der Waals surface area contributed by atoms with E-state index in [0.29, 0.717) is 21.4 Å². The molecule has 0 spiro atoms. The molecule has 0 unspecified atom stereocenters. The third kappa shape index (κ3) is 5.81. The van der Waals surface area contributed by atoms with Crippen molar-refractivity contribution in [3.63, 3.8) is 0 Å². The molecule has 0 saturated heterocycles. The Hall–Kier alpha value is -2.24. The van der Waals surface area contributed by atoms with Gasteiger partial charge in [-0.2, -0.15) is 0 Å². The Kier molecular flexibility index (Phi) is 6.26. The smallest absolute Gasteiger partial charge is 0.244 e. The Bertz CT molecular complexity index is 712. The van der Waals surface area contributed by atoms with Gasteiger partial charge in [-0.1, -0.05) is 29.3 Å². The molecule has 0 aliphatic rings. The first-order valence-electron chi connectivity index (χ1n) is 6.74. The van der Waals surface area contributed by atoms with Crippen LogP contribution < -0.4 is 10.6 Å². The zero-order valence-corrected chi connectivity index (χ0v) is 13.5. The maximum absolute atomic E-state index is 11.7. The van der Waals surface area contributed by atoms with E-state index in [1.807, 2.05) is 0 Å². The fourth-order valence-corrected chi connectivity index (χ4v) is 2.16. The minimum Gasteiger partial charge on any atom is -0.467 e. The van der Waals surface area contributed by atoms with Crippen LogP contribution in [0.5, 0.6) is 0 Å². The summed E-state index contributed by atoms with van der Waals surface area (Å²) >= 11 is 11.8. The predicted octanol–water partition coefficient (Wildman–Crippen LogP) is 3.03. The second-order valence-electron chi connectivity index (χ2n) is 4.57. The molecule has 2 rings (SSSR count). The largest absolute Gasteiger partial charge is 0.467 e. The molecule has 0 radical (unpaired) electrons. The minimum atomic E-state index is -0.399. The highest BCUT2D eigenvalue weighted by Gasteiger charge is 2.04. The number of carbonyl (C=O) groups is 2. The van der Waals surface area contributed by atoms with Crippen LogP contribution in [0.1, 0.15) is 11.3 Å². The van der Waals surface area contributed by atoms with Crippen molar-refractivity contribution < 1.29 is 14.0 Å². The fraction of sp³-hybridized carbons (Fsp3) is 0.125. The van der Waals surface area contributed by atoms with Crippen LogP contribution in [0.25, 0.3) is 6.08 Å². The minimum absolute atomic E-state index is 0.127. The van der Waals surface area contributed by atoms with Crippen LogP contribution in [0.4, 0.5) is 0 Å². The van der Waals surface area contributed by atoms with Crippen molar-refractivity contribution >= 4 is 41.1 Å². The fourth-order valence-electron chi connectivity index (χ4n) is 1.69. The first-order valence-corrected chi connectivity index (χ1v) is 7.50. The average molecular weight is 353 g/mol. The number of halogens is 2. The van der Waals surface area contributed by atoms with Gasteiger partial charge in [-0.25, -0.2) is 0 Å². The summed E-state index contributed by atoms with van der Waals surface area (Å²) in [5.41, 5.74) is 0.661. The van der Waals surface area contributed by atoms with Crippen molar-refractivity contribution in [2.24, 2.45) is 0 Å². The van der Waals surface area contributed by atoms with Crippen LogP contribution in [0.2, 0.25) is 10.0 Å². The van der Waals surface area contributed by atoms with Gasteiger partial charge >= 0.3 is 0 Å². The third-order valence-electron chi connectivity index (χ3n) is 2.84. The van der Waals surface area contributed by atoms with E-state index < -0.39 is 5.91 Å². The van der Waals surface area contributed by atoms with Crippen LogP contribution >= 0.6 is 23.2 Å². The van der Waals surface area contributed by atoms with Crippen LogP contribution in [0.15, 0.2) is 47.1 Å². The second kappa shape index (κ2) is 8.41. The van der Waals surface area contributed by atoms with Crippen molar-refractivity contribution in [1.29, 1.82) is 0 Å². The van der Waals surface area contributed by atoms with Gasteiger partial charge < -0.3 is 15.1 Å². The van der Waals surface area contributed by atoms with Crippen LogP contribution in [-0.4, -0.2) is 18.4 Å². The zero-order valence-electron chi connectivity index (χ0n) is 12.0. The summed E-state index contributed by atoms with van der Waals surface area (Å²) in [5, 5.41) is 6.06. The summed E-state index contributed by atoms with van der Waals surface area (Å²) in [5.74, 6) is -0.0706. The Morgan fingerprint density at radius 3 is 2.70 bits per heavy atom. The molecular weight excluding hydrogens is 339 g/mol. The van der Waals surface area contributed by atoms with Gasteiger partial charge in [-0.3, -0.25) is 9.59 Å². The molecule has 0 aliphatic carbocycles. The lowest BCUT2D eigenvalue weighted by Gasteiger charge is -2.04. The van der Waals surface area contributed by atoms with Crippen molar-refractivity contribution in [2.45, 2.75) is 6.54 Å². The molecule has 0 bridgehead atoms. The molecule has 0 atom stereocenters. The molecule has 23 heavy (non-hydrogen) atoms. The van der Waals surface area contributed by atoms with E-state index in [4.69, 9.17) is 27.6 Å². The van der Waals surface area contributed by atoms with Gasteiger partial charge in [0, 0.05) is 16.1 Å². The molecule has 120 valence electrons. The molecule has 0 saturated carbocycles. The molecule has 2 N–H and O–H groups in total. The number of benzene rings is 1. The number of nitrogens with one attached hydrogen (secondary N) is 2. The lowest BCUT2D eigenvalue weighted by molar-refractivity contribution is -0.124. The SMILES string of the molecule is O=C(/C=C/c1ccc(Cl)cc1Cl)NCC(=O)NCc1ccco1. The van der Waals surface area contributed by atoms with Gasteiger partial charge in [0.1, 0.15) is 5.76 Å². The number of hydrogen-bond donors (Lipinski definition) is 2. The van der Waals surface area contributed by atoms with E-state index >= 15 is 0 Å². The van der Waals surface area contributed by atoms with E-state index in [2.05, 4.69) is 10.6 Å². The maximum atomic E-state index is 11.7. The third-order valence-corrected chi connectivity index (χ3v) is 3.40. The summed E-state index contributed by atoms with van der Waals surface area (Å²) < 4.78 is 5.08. The number of amides is 2. The molecule has 2 aromatic rings. The maximum Gasteiger partial charge on any atom is 0.244 e. The first kappa shape index (κ1) is 17.1. The van der Waals surface area contributed by atoms with Crippen LogP contribution in [-0.2, 0) is 16.1 Å². The summed E-state index contributed by atoms with van der Waals surface area (Å²) in [7, 11) is 0.